The third-order valence-electron chi connectivity index (χ3n) is 3.66. The molecular formula is C14H18ClN5O. The van der Waals surface area contributed by atoms with Crippen molar-refractivity contribution in [2.45, 2.75) is 20.3 Å². The van der Waals surface area contributed by atoms with Gasteiger partial charge in [-0.15, -0.1) is 0 Å². The first-order valence-corrected chi connectivity index (χ1v) is 7.04. The molecule has 0 saturated carbocycles. The standard InChI is InChI=1S/C14H18ClN5O/c1-3-14(2,7-16)13(21)19-11-6-4-5-10(15)12(11)20-9-17-8-18-20/h4-6,8-9H,3,7,16H2,1-2H3,(H,19,21). The number of anilines is 1. The Morgan fingerprint density at radius 1 is 1.52 bits per heavy atom. The van der Waals surface area contributed by atoms with Gasteiger partial charge >= 0.3 is 0 Å². The van der Waals surface area contributed by atoms with Gasteiger partial charge in [0.25, 0.3) is 0 Å². The van der Waals surface area contributed by atoms with Gasteiger partial charge in [-0.2, -0.15) is 5.10 Å². The minimum absolute atomic E-state index is 0.142. The van der Waals surface area contributed by atoms with Crippen molar-refractivity contribution in [2.24, 2.45) is 11.1 Å². The molecule has 2 aromatic rings. The van der Waals surface area contributed by atoms with E-state index < -0.39 is 5.41 Å². The van der Waals surface area contributed by atoms with Gasteiger partial charge in [-0.25, -0.2) is 9.67 Å². The Morgan fingerprint density at radius 3 is 2.86 bits per heavy atom. The smallest absolute Gasteiger partial charge is 0.231 e. The second-order valence-corrected chi connectivity index (χ2v) is 5.46. The van der Waals surface area contributed by atoms with Crippen LogP contribution in [0, 0.1) is 5.41 Å². The van der Waals surface area contributed by atoms with E-state index in [4.69, 9.17) is 17.3 Å². The van der Waals surface area contributed by atoms with Gasteiger partial charge in [0.05, 0.1) is 16.1 Å². The monoisotopic (exact) mass is 307 g/mol. The maximum Gasteiger partial charge on any atom is 0.231 e. The molecule has 1 aromatic heterocycles. The lowest BCUT2D eigenvalue weighted by molar-refractivity contribution is -0.124. The van der Waals surface area contributed by atoms with E-state index in [1.807, 2.05) is 13.8 Å². The molecule has 1 unspecified atom stereocenters. The Morgan fingerprint density at radius 2 is 2.29 bits per heavy atom. The molecule has 112 valence electrons. The highest BCUT2D eigenvalue weighted by atomic mass is 35.5. The van der Waals surface area contributed by atoms with Crippen molar-refractivity contribution < 1.29 is 4.79 Å². The molecule has 1 amide bonds. The number of nitrogens with one attached hydrogen (secondary N) is 1. The number of carbonyl (C=O) groups is 1. The molecule has 0 aliphatic heterocycles. The summed E-state index contributed by atoms with van der Waals surface area (Å²) in [7, 11) is 0. The van der Waals surface area contributed by atoms with Crippen LogP contribution in [0.1, 0.15) is 20.3 Å². The van der Waals surface area contributed by atoms with Crippen molar-refractivity contribution in [2.75, 3.05) is 11.9 Å². The van der Waals surface area contributed by atoms with Crippen molar-refractivity contribution >= 4 is 23.2 Å². The molecule has 7 heteroatoms. The molecule has 21 heavy (non-hydrogen) atoms. The molecule has 0 bridgehead atoms. The number of benzene rings is 1. The van der Waals surface area contributed by atoms with Crippen molar-refractivity contribution in [3.8, 4) is 5.69 Å². The number of amides is 1. The Balaban J connectivity index is 2.38. The van der Waals surface area contributed by atoms with Crippen LogP contribution in [0.2, 0.25) is 5.02 Å². The molecule has 0 spiro atoms. The quantitative estimate of drug-likeness (QED) is 0.887. The average molecular weight is 308 g/mol. The van der Waals surface area contributed by atoms with E-state index >= 15 is 0 Å². The summed E-state index contributed by atoms with van der Waals surface area (Å²) in [6, 6.07) is 5.27. The summed E-state index contributed by atoms with van der Waals surface area (Å²) in [5.74, 6) is -0.142. The fourth-order valence-corrected chi connectivity index (χ4v) is 2.10. The van der Waals surface area contributed by atoms with Crippen LogP contribution in [0.25, 0.3) is 5.69 Å². The Bertz CT molecular complexity index is 622. The second-order valence-electron chi connectivity index (χ2n) is 5.05. The maximum absolute atomic E-state index is 12.5. The topological polar surface area (TPSA) is 85.8 Å². The molecule has 2 rings (SSSR count). The summed E-state index contributed by atoms with van der Waals surface area (Å²) in [4.78, 5) is 16.4. The summed E-state index contributed by atoms with van der Waals surface area (Å²) in [6.45, 7) is 4.04. The van der Waals surface area contributed by atoms with Crippen LogP contribution >= 0.6 is 11.6 Å². The van der Waals surface area contributed by atoms with Crippen LogP contribution < -0.4 is 11.1 Å². The van der Waals surface area contributed by atoms with E-state index in [9.17, 15) is 4.79 Å². The fraction of sp³-hybridized carbons (Fsp3) is 0.357. The van der Waals surface area contributed by atoms with Crippen LogP contribution in [0.4, 0.5) is 5.69 Å². The zero-order chi connectivity index (χ0) is 15.5. The zero-order valence-electron chi connectivity index (χ0n) is 12.0. The van der Waals surface area contributed by atoms with E-state index in [0.717, 1.165) is 0 Å². The number of hydrogen-bond donors (Lipinski definition) is 2. The maximum atomic E-state index is 12.5. The number of para-hydroxylation sites is 1. The SMILES string of the molecule is CCC(C)(CN)C(=O)Nc1cccc(Cl)c1-n1cncn1. The van der Waals surface area contributed by atoms with E-state index in [0.29, 0.717) is 22.8 Å². The molecule has 1 aromatic carbocycles. The van der Waals surface area contributed by atoms with Crippen LogP contribution in [-0.2, 0) is 4.79 Å². The van der Waals surface area contributed by atoms with Gasteiger partial charge in [-0.3, -0.25) is 4.79 Å². The molecule has 0 aliphatic carbocycles. The minimum Gasteiger partial charge on any atom is -0.329 e. The van der Waals surface area contributed by atoms with E-state index in [2.05, 4.69) is 15.4 Å². The predicted molar refractivity (Wildman–Crippen MR) is 82.5 cm³/mol. The normalized spacial score (nSPS) is 13.7. The molecule has 6 nitrogen and oxygen atoms in total. The van der Waals surface area contributed by atoms with E-state index in [1.54, 1.807) is 18.2 Å². The largest absolute Gasteiger partial charge is 0.329 e. The van der Waals surface area contributed by atoms with Crippen molar-refractivity contribution in [3.63, 3.8) is 0 Å². The Hall–Kier alpha value is -1.92. The Labute approximate surface area is 128 Å². The zero-order valence-corrected chi connectivity index (χ0v) is 12.8. The summed E-state index contributed by atoms with van der Waals surface area (Å²) in [5.41, 5.74) is 6.26. The molecule has 1 atom stereocenters. The highest BCUT2D eigenvalue weighted by Gasteiger charge is 2.30. The van der Waals surface area contributed by atoms with Crippen LogP contribution in [0.15, 0.2) is 30.9 Å². The number of rotatable bonds is 5. The first kappa shape index (κ1) is 15.5. The average Bonchev–Trinajstić information content (AvgIpc) is 3.00. The summed E-state index contributed by atoms with van der Waals surface area (Å²) >= 11 is 6.22. The third kappa shape index (κ3) is 3.06. The first-order valence-electron chi connectivity index (χ1n) is 6.67. The number of carbonyl (C=O) groups excluding carboxylic acids is 1. The Kier molecular flexibility index (Phi) is 4.59. The molecule has 0 fully saturated rings. The number of halogens is 1. The van der Waals surface area contributed by atoms with Gasteiger partial charge in [0.15, 0.2) is 0 Å². The van der Waals surface area contributed by atoms with Crippen molar-refractivity contribution in [3.05, 3.63) is 35.9 Å². The predicted octanol–water partition coefficient (Wildman–Crippen LogP) is 2.23. The third-order valence-corrected chi connectivity index (χ3v) is 3.97. The van der Waals surface area contributed by atoms with E-state index in [-0.39, 0.29) is 12.5 Å². The fourth-order valence-electron chi connectivity index (χ4n) is 1.84. The summed E-state index contributed by atoms with van der Waals surface area (Å²) in [5, 5.41) is 7.43. The molecule has 0 radical (unpaired) electrons. The van der Waals surface area contributed by atoms with Crippen molar-refractivity contribution in [1.29, 1.82) is 0 Å². The molecule has 0 aliphatic rings. The lowest BCUT2D eigenvalue weighted by Gasteiger charge is -2.25. The van der Waals surface area contributed by atoms with Gasteiger partial charge in [0.1, 0.15) is 18.3 Å². The van der Waals surface area contributed by atoms with Gasteiger partial charge in [0.2, 0.25) is 5.91 Å². The summed E-state index contributed by atoms with van der Waals surface area (Å²) in [6.07, 6.45) is 3.58. The molecule has 0 saturated heterocycles. The van der Waals surface area contributed by atoms with Gasteiger partial charge in [0, 0.05) is 6.54 Å². The van der Waals surface area contributed by atoms with Crippen LogP contribution in [-0.4, -0.2) is 27.2 Å². The molecular weight excluding hydrogens is 290 g/mol. The number of hydrogen-bond acceptors (Lipinski definition) is 4. The van der Waals surface area contributed by atoms with Crippen LogP contribution in [0.3, 0.4) is 0 Å². The van der Waals surface area contributed by atoms with Gasteiger partial charge in [-0.05, 0) is 25.5 Å². The number of nitrogens with two attached hydrogens (primary N) is 1. The molecule has 1 heterocycles. The van der Waals surface area contributed by atoms with Crippen LogP contribution in [0.5, 0.6) is 0 Å². The van der Waals surface area contributed by atoms with Gasteiger partial charge in [-0.1, -0.05) is 24.6 Å². The van der Waals surface area contributed by atoms with E-state index in [1.165, 1.54) is 17.3 Å². The number of aromatic nitrogens is 3. The lowest BCUT2D eigenvalue weighted by atomic mass is 9.86. The number of nitrogens with zero attached hydrogens (tertiary/aromatic N) is 3. The minimum atomic E-state index is -0.623. The highest BCUT2D eigenvalue weighted by molar-refractivity contribution is 6.33. The molecule has 3 N–H and O–H groups in total. The first-order chi connectivity index (χ1) is 10.0. The lowest BCUT2D eigenvalue weighted by Crippen LogP contribution is -2.39. The van der Waals surface area contributed by atoms with Gasteiger partial charge < -0.3 is 11.1 Å². The summed E-state index contributed by atoms with van der Waals surface area (Å²) < 4.78 is 1.52. The highest BCUT2D eigenvalue weighted by Crippen LogP contribution is 2.30. The van der Waals surface area contributed by atoms with Crippen molar-refractivity contribution in [1.82, 2.24) is 14.8 Å². The second kappa shape index (κ2) is 6.24.